The molecular weight excluding hydrogens is 296 g/mol. The summed E-state index contributed by atoms with van der Waals surface area (Å²) >= 11 is 1.54. The molecule has 0 aliphatic rings. The van der Waals surface area contributed by atoms with Gasteiger partial charge in [0.2, 0.25) is 11.8 Å². The Labute approximate surface area is 134 Å². The third-order valence-corrected chi connectivity index (χ3v) is 4.32. The zero-order valence-electron chi connectivity index (χ0n) is 12.7. The van der Waals surface area contributed by atoms with E-state index in [0.29, 0.717) is 0 Å². The van der Waals surface area contributed by atoms with Crippen molar-refractivity contribution >= 4 is 23.2 Å². The first-order valence-corrected chi connectivity index (χ1v) is 8.09. The normalized spacial score (nSPS) is 13.2. The number of nitrogens with one attached hydrogen (secondary N) is 2. The molecule has 0 bridgehead atoms. The molecule has 1 aromatic carbocycles. The highest BCUT2D eigenvalue weighted by Crippen LogP contribution is 2.22. The first-order chi connectivity index (χ1) is 10.6. The lowest BCUT2D eigenvalue weighted by Gasteiger charge is -2.19. The van der Waals surface area contributed by atoms with Gasteiger partial charge in [-0.15, -0.1) is 11.3 Å². The molecule has 2 N–H and O–H groups in total. The van der Waals surface area contributed by atoms with E-state index in [2.05, 4.69) is 10.6 Å². The molecule has 0 saturated carbocycles. The average molecular weight is 316 g/mol. The first-order valence-electron chi connectivity index (χ1n) is 7.21. The zero-order chi connectivity index (χ0) is 15.9. The molecule has 0 unspecified atom stereocenters. The summed E-state index contributed by atoms with van der Waals surface area (Å²) < 4.78 is 0. The number of amides is 2. The second-order valence-corrected chi connectivity index (χ2v) is 6.15. The third-order valence-electron chi connectivity index (χ3n) is 3.33. The minimum atomic E-state index is -0.277. The fourth-order valence-corrected chi connectivity index (χ4v) is 3.05. The largest absolute Gasteiger partial charge is 0.350 e. The van der Waals surface area contributed by atoms with Gasteiger partial charge in [0.15, 0.2) is 0 Å². The Hall–Kier alpha value is -2.14. The number of hydrogen-bond donors (Lipinski definition) is 2. The molecule has 4 nitrogen and oxygen atoms in total. The summed E-state index contributed by atoms with van der Waals surface area (Å²) in [5, 5.41) is 7.75. The molecule has 1 aromatic heterocycles. The van der Waals surface area contributed by atoms with Crippen molar-refractivity contribution < 1.29 is 9.59 Å². The average Bonchev–Trinajstić information content (AvgIpc) is 3.01. The Bertz CT molecular complexity index is 611. The van der Waals surface area contributed by atoms with Crippen LogP contribution in [0.5, 0.6) is 0 Å². The van der Waals surface area contributed by atoms with Gasteiger partial charge >= 0.3 is 0 Å². The lowest BCUT2D eigenvalue weighted by Crippen LogP contribution is -2.33. The van der Waals surface area contributed by atoms with Crippen LogP contribution >= 0.6 is 11.3 Å². The van der Waals surface area contributed by atoms with Gasteiger partial charge in [0.05, 0.1) is 18.5 Å². The molecule has 2 aromatic rings. The summed E-state index contributed by atoms with van der Waals surface area (Å²) in [5.74, 6) is -0.217. The van der Waals surface area contributed by atoms with Crippen molar-refractivity contribution in [2.45, 2.75) is 32.4 Å². The lowest BCUT2D eigenvalue weighted by atomic mass is 10.1. The molecule has 1 heterocycles. The Morgan fingerprint density at radius 2 is 1.82 bits per heavy atom. The maximum absolute atomic E-state index is 12.3. The van der Waals surface area contributed by atoms with Crippen molar-refractivity contribution in [3.63, 3.8) is 0 Å². The van der Waals surface area contributed by atoms with E-state index in [1.165, 1.54) is 18.3 Å². The van der Waals surface area contributed by atoms with Crippen LogP contribution in [0.3, 0.4) is 0 Å². The summed E-state index contributed by atoms with van der Waals surface area (Å²) in [6.07, 6.45) is 0.233. The number of carbonyl (C=O) groups is 2. The fraction of sp³-hybridized carbons (Fsp3) is 0.294. The summed E-state index contributed by atoms with van der Waals surface area (Å²) in [5.41, 5.74) is 1.06. The van der Waals surface area contributed by atoms with E-state index in [0.717, 1.165) is 10.4 Å². The molecule has 0 aliphatic carbocycles. The molecule has 2 amide bonds. The molecule has 0 fully saturated rings. The highest BCUT2D eigenvalue weighted by molar-refractivity contribution is 7.10. The number of carbonyl (C=O) groups excluding carboxylic acids is 2. The van der Waals surface area contributed by atoms with Gasteiger partial charge in [-0.3, -0.25) is 9.59 Å². The van der Waals surface area contributed by atoms with E-state index in [4.69, 9.17) is 0 Å². The van der Waals surface area contributed by atoms with E-state index in [1.54, 1.807) is 0 Å². The highest BCUT2D eigenvalue weighted by Gasteiger charge is 2.19. The van der Waals surface area contributed by atoms with Gasteiger partial charge < -0.3 is 10.6 Å². The van der Waals surface area contributed by atoms with Gasteiger partial charge in [0.1, 0.15) is 0 Å². The Balaban J connectivity index is 1.98. The van der Waals surface area contributed by atoms with Crippen LogP contribution in [0.15, 0.2) is 47.8 Å². The van der Waals surface area contributed by atoms with Crippen LogP contribution in [-0.2, 0) is 9.59 Å². The number of hydrogen-bond acceptors (Lipinski definition) is 3. The maximum Gasteiger partial charge on any atom is 0.222 e. The second kappa shape index (κ2) is 7.75. The van der Waals surface area contributed by atoms with Gasteiger partial charge in [-0.1, -0.05) is 36.4 Å². The van der Waals surface area contributed by atoms with Crippen LogP contribution in [0, 0.1) is 0 Å². The fourth-order valence-electron chi connectivity index (χ4n) is 2.27. The van der Waals surface area contributed by atoms with Crippen molar-refractivity contribution in [3.8, 4) is 0 Å². The number of rotatable bonds is 6. The molecular formula is C17H20N2O2S. The van der Waals surface area contributed by atoms with Crippen LogP contribution in [-0.4, -0.2) is 11.8 Å². The quantitative estimate of drug-likeness (QED) is 0.860. The molecule has 5 heteroatoms. The highest BCUT2D eigenvalue weighted by atomic mass is 32.1. The van der Waals surface area contributed by atoms with E-state index in [1.807, 2.05) is 54.8 Å². The van der Waals surface area contributed by atoms with E-state index < -0.39 is 0 Å². The standard InChI is InChI=1S/C17H20N2O2S/c1-12(14-7-4-3-5-8-14)18-17(21)11-15(19-13(2)20)16-9-6-10-22-16/h3-10,12,15H,11H2,1-2H3,(H,18,21)(H,19,20)/t12-,15+/m0/s1. The minimum absolute atomic E-state index is 0.0602. The summed E-state index contributed by atoms with van der Waals surface area (Å²) in [7, 11) is 0. The van der Waals surface area contributed by atoms with Gasteiger partial charge in [0, 0.05) is 11.8 Å². The molecule has 0 radical (unpaired) electrons. The Morgan fingerprint density at radius 1 is 1.09 bits per heavy atom. The van der Waals surface area contributed by atoms with Crippen molar-refractivity contribution in [2.24, 2.45) is 0 Å². The first kappa shape index (κ1) is 16.2. The van der Waals surface area contributed by atoms with Crippen LogP contribution in [0.25, 0.3) is 0 Å². The summed E-state index contributed by atoms with van der Waals surface area (Å²) in [4.78, 5) is 24.6. The smallest absolute Gasteiger partial charge is 0.222 e. The van der Waals surface area contributed by atoms with Crippen LogP contribution in [0.2, 0.25) is 0 Å². The van der Waals surface area contributed by atoms with Crippen molar-refractivity contribution in [2.75, 3.05) is 0 Å². The Morgan fingerprint density at radius 3 is 2.41 bits per heavy atom. The number of thiophene rings is 1. The number of benzene rings is 1. The van der Waals surface area contributed by atoms with Gasteiger partial charge in [-0.25, -0.2) is 0 Å². The van der Waals surface area contributed by atoms with Gasteiger partial charge in [0.25, 0.3) is 0 Å². The van der Waals surface area contributed by atoms with Gasteiger partial charge in [-0.2, -0.15) is 0 Å². The van der Waals surface area contributed by atoms with Crippen LogP contribution in [0.1, 0.15) is 42.8 Å². The van der Waals surface area contributed by atoms with E-state index in [9.17, 15) is 9.59 Å². The lowest BCUT2D eigenvalue weighted by molar-refractivity contribution is -0.123. The molecule has 2 rings (SSSR count). The van der Waals surface area contributed by atoms with E-state index >= 15 is 0 Å². The van der Waals surface area contributed by atoms with Crippen molar-refractivity contribution in [1.82, 2.24) is 10.6 Å². The molecule has 0 saturated heterocycles. The topological polar surface area (TPSA) is 58.2 Å². The predicted octanol–water partition coefficient (Wildman–Crippen LogP) is 3.19. The monoisotopic (exact) mass is 316 g/mol. The third kappa shape index (κ3) is 4.70. The molecule has 0 aliphatic heterocycles. The maximum atomic E-state index is 12.3. The van der Waals surface area contributed by atoms with E-state index in [-0.39, 0.29) is 30.3 Å². The molecule has 0 spiro atoms. The SMILES string of the molecule is CC(=O)N[C@H](CC(=O)N[C@@H](C)c1ccccc1)c1cccs1. The summed E-state index contributed by atoms with van der Waals surface area (Å²) in [6.45, 7) is 3.41. The van der Waals surface area contributed by atoms with Crippen LogP contribution in [0.4, 0.5) is 0 Å². The Kier molecular flexibility index (Phi) is 5.72. The minimum Gasteiger partial charge on any atom is -0.350 e. The molecule has 116 valence electrons. The van der Waals surface area contributed by atoms with Gasteiger partial charge in [-0.05, 0) is 23.9 Å². The molecule has 22 heavy (non-hydrogen) atoms. The molecule has 2 atom stereocenters. The summed E-state index contributed by atoms with van der Waals surface area (Å²) in [6, 6.07) is 13.3. The second-order valence-electron chi connectivity index (χ2n) is 5.17. The van der Waals surface area contributed by atoms with Crippen molar-refractivity contribution in [1.29, 1.82) is 0 Å². The van der Waals surface area contributed by atoms with Crippen LogP contribution < -0.4 is 10.6 Å². The predicted molar refractivity (Wildman–Crippen MR) is 88.5 cm³/mol. The van der Waals surface area contributed by atoms with Crippen molar-refractivity contribution in [3.05, 3.63) is 58.3 Å². The zero-order valence-corrected chi connectivity index (χ0v) is 13.5.